The topological polar surface area (TPSA) is 75.3 Å². The van der Waals surface area contributed by atoms with Gasteiger partial charge in [-0.05, 0) is 96.5 Å². The molecule has 4 nitrogen and oxygen atoms in total. The lowest BCUT2D eigenvalue weighted by molar-refractivity contribution is -0.123. The molecule has 1 amide bonds. The zero-order valence-corrected chi connectivity index (χ0v) is 19.8. The summed E-state index contributed by atoms with van der Waals surface area (Å²) in [5.74, 6) is 0.599. The Morgan fingerprint density at radius 2 is 1.70 bits per heavy atom. The molecule has 3 atom stereocenters. The lowest BCUT2D eigenvalue weighted by Gasteiger charge is -2.32. The van der Waals surface area contributed by atoms with E-state index in [1.807, 2.05) is 19.9 Å². The molecule has 0 aliphatic heterocycles. The van der Waals surface area contributed by atoms with Gasteiger partial charge < -0.3 is 16.2 Å². The molecule has 3 aromatic carbocycles. The predicted octanol–water partition coefficient (Wildman–Crippen LogP) is 5.22. The van der Waals surface area contributed by atoms with Crippen molar-refractivity contribution < 1.29 is 9.90 Å². The monoisotopic (exact) mass is 442 g/mol. The lowest BCUT2D eigenvalue weighted by Crippen LogP contribution is -2.44. The third-order valence-corrected chi connectivity index (χ3v) is 6.96. The second-order valence-corrected chi connectivity index (χ2v) is 9.53. The number of phenols is 1. The van der Waals surface area contributed by atoms with Gasteiger partial charge in [-0.2, -0.15) is 0 Å². The Labute approximate surface area is 196 Å². The SMILES string of the molecule is Cc1cc(O)cc(C)c1C[C@H](N)C(=O)N[C@@H]1CC[C@@H](C)c2ccc(Cc3ccccc3)cc21. The number of aromatic hydroxyl groups is 1. The van der Waals surface area contributed by atoms with Gasteiger partial charge in [-0.3, -0.25) is 4.79 Å². The minimum atomic E-state index is -0.637. The van der Waals surface area contributed by atoms with Gasteiger partial charge in [-0.25, -0.2) is 0 Å². The van der Waals surface area contributed by atoms with Crippen molar-refractivity contribution in [3.63, 3.8) is 0 Å². The van der Waals surface area contributed by atoms with Gasteiger partial charge >= 0.3 is 0 Å². The molecule has 3 aromatic rings. The molecule has 4 rings (SSSR count). The van der Waals surface area contributed by atoms with Gasteiger partial charge in [0.05, 0.1) is 12.1 Å². The maximum absolute atomic E-state index is 13.1. The van der Waals surface area contributed by atoms with E-state index in [4.69, 9.17) is 5.73 Å². The van der Waals surface area contributed by atoms with Gasteiger partial charge in [-0.1, -0.05) is 55.5 Å². The summed E-state index contributed by atoms with van der Waals surface area (Å²) in [6.45, 7) is 6.15. The number of fused-ring (bicyclic) bond motifs is 1. The Bertz CT molecular complexity index is 1120. The smallest absolute Gasteiger partial charge is 0.237 e. The van der Waals surface area contributed by atoms with Gasteiger partial charge in [-0.15, -0.1) is 0 Å². The van der Waals surface area contributed by atoms with Gasteiger partial charge in [0.1, 0.15) is 5.75 Å². The van der Waals surface area contributed by atoms with E-state index in [-0.39, 0.29) is 17.7 Å². The Morgan fingerprint density at radius 3 is 2.39 bits per heavy atom. The molecule has 0 aromatic heterocycles. The fourth-order valence-electron chi connectivity index (χ4n) is 5.08. The number of carbonyl (C=O) groups excluding carboxylic acids is 1. The van der Waals surface area contributed by atoms with Crippen LogP contribution < -0.4 is 11.1 Å². The second-order valence-electron chi connectivity index (χ2n) is 9.53. The number of phenolic OH excluding ortho intramolecular Hbond substituents is 1. The van der Waals surface area contributed by atoms with Gasteiger partial charge in [0.2, 0.25) is 5.91 Å². The van der Waals surface area contributed by atoms with Crippen molar-refractivity contribution in [2.24, 2.45) is 5.73 Å². The number of hydrogen-bond donors (Lipinski definition) is 3. The summed E-state index contributed by atoms with van der Waals surface area (Å²) in [6, 6.07) is 20.0. The van der Waals surface area contributed by atoms with Crippen molar-refractivity contribution in [2.75, 3.05) is 0 Å². The fourth-order valence-corrected chi connectivity index (χ4v) is 5.08. The molecule has 0 spiro atoms. The summed E-state index contributed by atoms with van der Waals surface area (Å²) in [5.41, 5.74) is 14.4. The van der Waals surface area contributed by atoms with Crippen LogP contribution in [-0.2, 0) is 17.6 Å². The highest BCUT2D eigenvalue weighted by Crippen LogP contribution is 2.38. The van der Waals surface area contributed by atoms with E-state index in [9.17, 15) is 9.90 Å². The van der Waals surface area contributed by atoms with Crippen LogP contribution in [0.4, 0.5) is 0 Å². The maximum atomic E-state index is 13.1. The van der Waals surface area contributed by atoms with E-state index in [0.29, 0.717) is 12.3 Å². The average molecular weight is 443 g/mol. The van der Waals surface area contributed by atoms with Crippen LogP contribution in [0.1, 0.15) is 70.7 Å². The molecular formula is C29H34N2O2. The minimum Gasteiger partial charge on any atom is -0.508 e. The van der Waals surface area contributed by atoms with Crippen molar-refractivity contribution in [1.29, 1.82) is 0 Å². The third kappa shape index (κ3) is 5.28. The van der Waals surface area contributed by atoms with Crippen molar-refractivity contribution in [3.05, 3.63) is 99.6 Å². The highest BCUT2D eigenvalue weighted by Gasteiger charge is 2.28. The van der Waals surface area contributed by atoms with Gasteiger partial charge in [0.25, 0.3) is 0 Å². The largest absolute Gasteiger partial charge is 0.508 e. The van der Waals surface area contributed by atoms with Crippen molar-refractivity contribution in [1.82, 2.24) is 5.32 Å². The molecule has 4 N–H and O–H groups in total. The molecule has 33 heavy (non-hydrogen) atoms. The first-order valence-corrected chi connectivity index (χ1v) is 11.8. The molecule has 1 aliphatic carbocycles. The lowest BCUT2D eigenvalue weighted by atomic mass is 9.79. The van der Waals surface area contributed by atoms with Crippen LogP contribution in [0.5, 0.6) is 5.75 Å². The molecule has 0 fully saturated rings. The third-order valence-electron chi connectivity index (χ3n) is 6.96. The van der Waals surface area contributed by atoms with Crippen LogP contribution in [0, 0.1) is 13.8 Å². The Kier molecular flexibility index (Phi) is 6.85. The summed E-state index contributed by atoms with van der Waals surface area (Å²) in [4.78, 5) is 13.1. The standard InChI is InChI=1S/C29H34N2O2/c1-18-9-12-28(26-16-22(10-11-24(18)26)15-21-7-5-4-6-8-21)31-29(33)27(30)17-25-19(2)13-23(32)14-20(25)3/h4-8,10-11,13-14,16,18,27-28,32H,9,12,15,17,30H2,1-3H3,(H,31,33)/t18-,27+,28-/m1/s1. The number of amides is 1. The summed E-state index contributed by atoms with van der Waals surface area (Å²) in [6.07, 6.45) is 3.29. The Hall–Kier alpha value is -3.11. The van der Waals surface area contributed by atoms with Gasteiger partial charge in [0.15, 0.2) is 0 Å². The maximum Gasteiger partial charge on any atom is 0.237 e. The highest BCUT2D eigenvalue weighted by atomic mass is 16.3. The summed E-state index contributed by atoms with van der Waals surface area (Å²) >= 11 is 0. The van der Waals surface area contributed by atoms with E-state index < -0.39 is 6.04 Å². The normalized spacial score (nSPS) is 18.4. The quantitative estimate of drug-likeness (QED) is 0.490. The van der Waals surface area contributed by atoms with Crippen LogP contribution in [-0.4, -0.2) is 17.1 Å². The Balaban J connectivity index is 1.51. The molecule has 0 radical (unpaired) electrons. The minimum absolute atomic E-state index is 0.0208. The van der Waals surface area contributed by atoms with Crippen LogP contribution in [0.3, 0.4) is 0 Å². The highest BCUT2D eigenvalue weighted by molar-refractivity contribution is 5.82. The van der Waals surface area contributed by atoms with Crippen LogP contribution in [0.2, 0.25) is 0 Å². The zero-order valence-electron chi connectivity index (χ0n) is 19.8. The van der Waals surface area contributed by atoms with Crippen molar-refractivity contribution >= 4 is 5.91 Å². The van der Waals surface area contributed by atoms with E-state index >= 15 is 0 Å². The summed E-state index contributed by atoms with van der Waals surface area (Å²) in [5, 5.41) is 13.0. The number of aryl methyl sites for hydroxylation is 2. The molecule has 0 saturated carbocycles. The first kappa shape index (κ1) is 23.1. The van der Waals surface area contributed by atoms with Crippen LogP contribution in [0.25, 0.3) is 0 Å². The first-order chi connectivity index (χ1) is 15.8. The molecule has 4 heteroatoms. The molecule has 1 aliphatic rings. The molecule has 0 bridgehead atoms. The molecule has 172 valence electrons. The second kappa shape index (κ2) is 9.80. The van der Waals surface area contributed by atoms with Crippen molar-refractivity contribution in [3.8, 4) is 5.75 Å². The number of benzene rings is 3. The number of nitrogens with two attached hydrogens (primary N) is 1. The number of rotatable bonds is 6. The van der Waals surface area contributed by atoms with E-state index in [2.05, 4.69) is 54.7 Å². The average Bonchev–Trinajstić information content (AvgIpc) is 2.78. The Morgan fingerprint density at radius 1 is 1.00 bits per heavy atom. The zero-order chi connectivity index (χ0) is 23.5. The molecular weight excluding hydrogens is 408 g/mol. The summed E-state index contributed by atoms with van der Waals surface area (Å²) in [7, 11) is 0. The van der Waals surface area contributed by atoms with Crippen molar-refractivity contribution in [2.45, 2.75) is 64.5 Å². The molecule has 0 unspecified atom stereocenters. The predicted molar refractivity (Wildman–Crippen MR) is 133 cm³/mol. The van der Waals surface area contributed by atoms with Crippen LogP contribution in [0.15, 0.2) is 60.7 Å². The molecule has 0 heterocycles. The number of hydrogen-bond acceptors (Lipinski definition) is 3. The molecule has 0 saturated heterocycles. The number of nitrogens with one attached hydrogen (secondary N) is 1. The van der Waals surface area contributed by atoms with E-state index in [1.54, 1.807) is 12.1 Å². The fraction of sp³-hybridized carbons (Fsp3) is 0.345. The number of carbonyl (C=O) groups is 1. The van der Waals surface area contributed by atoms with E-state index in [0.717, 1.165) is 36.0 Å². The van der Waals surface area contributed by atoms with Crippen LogP contribution >= 0.6 is 0 Å². The first-order valence-electron chi connectivity index (χ1n) is 11.8. The van der Waals surface area contributed by atoms with E-state index in [1.165, 1.54) is 22.3 Å². The summed E-state index contributed by atoms with van der Waals surface area (Å²) < 4.78 is 0. The van der Waals surface area contributed by atoms with Gasteiger partial charge in [0, 0.05) is 0 Å².